The van der Waals surface area contributed by atoms with Gasteiger partial charge in [0.15, 0.2) is 5.78 Å². The standard InChI is InChI=1S/C24H27NO9/c1-23(2,3)34-22(30)24-12-14(20(28)32-5)15-9-7-8-13(19(27)31-4)18(21(29)33-6)16(25(15)24)10-11-17(24)26/h7-9,12,15H,10-11H2,1-6H3/b9-7-,13-8+,18-16+/t15-,24-/m0/s1. The summed E-state index contributed by atoms with van der Waals surface area (Å²) in [6, 6.07) is -0.950. The number of nitrogens with zero attached hydrogens (tertiary/aromatic N) is 1. The third kappa shape index (κ3) is 3.93. The molecule has 0 aliphatic carbocycles. The average molecular weight is 473 g/mol. The van der Waals surface area contributed by atoms with Crippen molar-refractivity contribution >= 4 is 29.7 Å². The topological polar surface area (TPSA) is 126 Å². The zero-order valence-corrected chi connectivity index (χ0v) is 19.9. The molecule has 0 amide bonds. The molecule has 10 heteroatoms. The highest BCUT2D eigenvalue weighted by molar-refractivity contribution is 6.15. The molecular weight excluding hydrogens is 446 g/mol. The normalized spacial score (nSPS) is 28.4. The lowest BCUT2D eigenvalue weighted by Crippen LogP contribution is -2.62. The summed E-state index contributed by atoms with van der Waals surface area (Å²) in [5.41, 5.74) is -3.07. The van der Waals surface area contributed by atoms with Gasteiger partial charge in [-0.15, -0.1) is 0 Å². The van der Waals surface area contributed by atoms with Gasteiger partial charge < -0.3 is 23.8 Å². The predicted molar refractivity (Wildman–Crippen MR) is 117 cm³/mol. The second-order valence-corrected chi connectivity index (χ2v) is 8.87. The number of Topliss-reactive ketones (excluding diaryl/α,β-unsaturated/α-hetero) is 1. The maximum absolute atomic E-state index is 13.6. The van der Waals surface area contributed by atoms with Gasteiger partial charge in [-0.2, -0.15) is 0 Å². The fraction of sp³-hybridized carbons (Fsp3) is 0.458. The first-order chi connectivity index (χ1) is 15.9. The van der Waals surface area contributed by atoms with E-state index >= 15 is 0 Å². The molecule has 1 saturated heterocycles. The lowest BCUT2D eigenvalue weighted by atomic mass is 9.82. The van der Waals surface area contributed by atoms with Gasteiger partial charge in [0.1, 0.15) is 5.60 Å². The van der Waals surface area contributed by atoms with Crippen molar-refractivity contribution in [2.45, 2.75) is 50.8 Å². The second kappa shape index (κ2) is 8.92. The number of rotatable bonds is 4. The third-order valence-corrected chi connectivity index (χ3v) is 5.69. The number of allylic oxidation sites excluding steroid dienone is 3. The first-order valence-electron chi connectivity index (χ1n) is 10.6. The van der Waals surface area contributed by atoms with Gasteiger partial charge in [0.05, 0.1) is 44.1 Å². The molecule has 0 bridgehead atoms. The Bertz CT molecular complexity index is 1090. The van der Waals surface area contributed by atoms with Gasteiger partial charge in [0.25, 0.3) is 0 Å². The smallest absolute Gasteiger partial charge is 0.344 e. The van der Waals surface area contributed by atoms with E-state index in [2.05, 4.69) is 0 Å². The van der Waals surface area contributed by atoms with Gasteiger partial charge in [0.2, 0.25) is 5.54 Å². The molecular formula is C24H27NO9. The Morgan fingerprint density at radius 1 is 0.971 bits per heavy atom. The minimum Gasteiger partial charge on any atom is -0.466 e. The van der Waals surface area contributed by atoms with E-state index in [-0.39, 0.29) is 35.3 Å². The molecule has 0 unspecified atom stereocenters. The van der Waals surface area contributed by atoms with E-state index in [4.69, 9.17) is 18.9 Å². The van der Waals surface area contributed by atoms with E-state index in [1.807, 2.05) is 0 Å². The number of ketones is 1. The maximum atomic E-state index is 13.6. The molecule has 3 rings (SSSR count). The Labute approximate surface area is 196 Å². The van der Waals surface area contributed by atoms with Crippen LogP contribution in [0.4, 0.5) is 0 Å². The van der Waals surface area contributed by atoms with E-state index in [1.54, 1.807) is 20.8 Å². The number of esters is 4. The molecule has 0 aromatic rings. The molecule has 0 saturated carbocycles. The van der Waals surface area contributed by atoms with E-state index in [1.165, 1.54) is 36.3 Å². The van der Waals surface area contributed by atoms with Crippen LogP contribution in [-0.4, -0.2) is 73.1 Å². The number of hydrogen-bond acceptors (Lipinski definition) is 10. The van der Waals surface area contributed by atoms with Crippen LogP contribution < -0.4 is 0 Å². The van der Waals surface area contributed by atoms with Gasteiger partial charge in [0, 0.05) is 12.1 Å². The highest BCUT2D eigenvalue weighted by atomic mass is 16.6. The fourth-order valence-corrected chi connectivity index (χ4v) is 4.34. The summed E-state index contributed by atoms with van der Waals surface area (Å²) in [6.07, 6.45) is 5.43. The maximum Gasteiger partial charge on any atom is 0.344 e. The molecule has 3 aliphatic heterocycles. The molecule has 0 spiro atoms. The number of ether oxygens (including phenoxy) is 4. The zero-order valence-electron chi connectivity index (χ0n) is 19.9. The number of piperidine rings is 1. The van der Waals surface area contributed by atoms with Crippen molar-refractivity contribution in [3.8, 4) is 0 Å². The molecule has 3 heterocycles. The Kier molecular flexibility index (Phi) is 6.55. The number of hydrogen-bond donors (Lipinski definition) is 0. The van der Waals surface area contributed by atoms with Gasteiger partial charge in [-0.05, 0) is 39.3 Å². The quantitative estimate of drug-likeness (QED) is 0.335. The highest BCUT2D eigenvalue weighted by Crippen LogP contribution is 2.47. The van der Waals surface area contributed by atoms with Crippen LogP contribution in [0.3, 0.4) is 0 Å². The summed E-state index contributed by atoms with van der Waals surface area (Å²) in [5.74, 6) is -3.85. The monoisotopic (exact) mass is 473 g/mol. The van der Waals surface area contributed by atoms with Crippen molar-refractivity contribution in [2.75, 3.05) is 21.3 Å². The lowest BCUT2D eigenvalue weighted by molar-refractivity contribution is -0.169. The van der Waals surface area contributed by atoms with Crippen LogP contribution in [0.25, 0.3) is 0 Å². The first kappa shape index (κ1) is 24.9. The first-order valence-corrected chi connectivity index (χ1v) is 10.6. The van der Waals surface area contributed by atoms with Gasteiger partial charge in [-0.3, -0.25) is 4.79 Å². The number of methoxy groups -OCH3 is 3. The average Bonchev–Trinajstić information content (AvgIpc) is 3.12. The molecule has 0 aromatic heterocycles. The summed E-state index contributed by atoms with van der Waals surface area (Å²) >= 11 is 0. The Morgan fingerprint density at radius 2 is 1.59 bits per heavy atom. The van der Waals surface area contributed by atoms with Crippen LogP contribution in [-0.2, 0) is 42.9 Å². The fourth-order valence-electron chi connectivity index (χ4n) is 4.34. The summed E-state index contributed by atoms with van der Waals surface area (Å²) in [6.45, 7) is 4.94. The van der Waals surface area contributed by atoms with Crippen LogP contribution in [0.15, 0.2) is 46.7 Å². The van der Waals surface area contributed by atoms with Crippen molar-refractivity contribution in [3.05, 3.63) is 46.7 Å². The van der Waals surface area contributed by atoms with Gasteiger partial charge >= 0.3 is 23.9 Å². The van der Waals surface area contributed by atoms with E-state index in [9.17, 15) is 24.0 Å². The molecule has 182 valence electrons. The summed E-state index contributed by atoms with van der Waals surface area (Å²) < 4.78 is 20.3. The van der Waals surface area contributed by atoms with Crippen LogP contribution in [0.1, 0.15) is 33.6 Å². The van der Waals surface area contributed by atoms with Gasteiger partial charge in [-0.25, -0.2) is 19.2 Å². The summed E-state index contributed by atoms with van der Waals surface area (Å²) in [5, 5.41) is 0. The third-order valence-electron chi connectivity index (χ3n) is 5.69. The molecule has 34 heavy (non-hydrogen) atoms. The number of carbonyl (C=O) groups is 5. The largest absolute Gasteiger partial charge is 0.466 e. The molecule has 3 aliphatic rings. The predicted octanol–water partition coefficient (Wildman–Crippen LogP) is 1.31. The lowest BCUT2D eigenvalue weighted by Gasteiger charge is -2.45. The van der Waals surface area contributed by atoms with Crippen LogP contribution in [0.5, 0.6) is 0 Å². The van der Waals surface area contributed by atoms with Crippen molar-refractivity contribution in [1.29, 1.82) is 0 Å². The molecule has 0 N–H and O–H groups in total. The minimum absolute atomic E-state index is 0.00871. The van der Waals surface area contributed by atoms with Crippen molar-refractivity contribution in [2.24, 2.45) is 0 Å². The van der Waals surface area contributed by atoms with Crippen LogP contribution in [0, 0.1) is 0 Å². The molecule has 0 radical (unpaired) electrons. The summed E-state index contributed by atoms with van der Waals surface area (Å²) in [7, 11) is 3.49. The van der Waals surface area contributed by atoms with Crippen LogP contribution >= 0.6 is 0 Å². The molecule has 0 aromatic carbocycles. The Morgan fingerprint density at radius 3 is 2.15 bits per heavy atom. The molecule has 2 atom stereocenters. The molecule has 10 nitrogen and oxygen atoms in total. The Balaban J connectivity index is 2.40. The van der Waals surface area contributed by atoms with E-state index < -0.39 is 46.8 Å². The van der Waals surface area contributed by atoms with E-state index in [0.29, 0.717) is 0 Å². The number of carbonyl (C=O) groups excluding carboxylic acids is 5. The molecule has 1 fully saturated rings. The SMILES string of the molecule is COC(=O)C1=C[C@@]2(C(=O)OC(C)(C)C)C(=O)CC/C3=C(C(=O)OC)/C(C(=O)OC)=C\C=C/[C@@H]1N32. The summed E-state index contributed by atoms with van der Waals surface area (Å²) in [4.78, 5) is 66.5. The van der Waals surface area contributed by atoms with Crippen molar-refractivity contribution in [3.63, 3.8) is 0 Å². The zero-order chi connectivity index (χ0) is 25.4. The minimum atomic E-state index is -2.04. The second-order valence-electron chi connectivity index (χ2n) is 8.87. The highest BCUT2D eigenvalue weighted by Gasteiger charge is 2.62. The Hall–Kier alpha value is -3.69. The van der Waals surface area contributed by atoms with Crippen molar-refractivity contribution in [1.82, 2.24) is 4.90 Å². The van der Waals surface area contributed by atoms with Crippen LogP contribution in [0.2, 0.25) is 0 Å². The van der Waals surface area contributed by atoms with Gasteiger partial charge in [-0.1, -0.05) is 12.2 Å². The van der Waals surface area contributed by atoms with Crippen molar-refractivity contribution < 1.29 is 42.9 Å². The van der Waals surface area contributed by atoms with E-state index in [0.717, 1.165) is 14.2 Å².